The molecule has 2 unspecified atom stereocenters. The molecule has 0 saturated heterocycles. The number of ether oxygens (including phenoxy) is 1. The number of nitrogens with one attached hydrogen (secondary N) is 2. The first-order valence-corrected chi connectivity index (χ1v) is 12.1. The molecule has 0 aromatic heterocycles. The minimum absolute atomic E-state index is 0.0149. The molecule has 196 valence electrons. The van der Waals surface area contributed by atoms with Crippen molar-refractivity contribution >= 4 is 23.8 Å². The van der Waals surface area contributed by atoms with E-state index in [4.69, 9.17) is 10.5 Å². The van der Waals surface area contributed by atoms with E-state index in [1.807, 2.05) is 52.8 Å². The van der Waals surface area contributed by atoms with Gasteiger partial charge in [0.2, 0.25) is 17.7 Å². The minimum Gasteiger partial charge on any atom is -0.444 e. The number of nitrogens with zero attached hydrogens (tertiary/aromatic N) is 1. The maximum atomic E-state index is 13.9. The van der Waals surface area contributed by atoms with Crippen molar-refractivity contribution in [1.82, 2.24) is 15.5 Å². The highest BCUT2D eigenvalue weighted by Crippen LogP contribution is 2.27. The molecule has 0 bridgehead atoms. The Kier molecular flexibility index (Phi) is 11.2. The maximum Gasteiger partial charge on any atom is 0.408 e. The van der Waals surface area contributed by atoms with Gasteiger partial charge in [-0.15, -0.1) is 0 Å². The van der Waals surface area contributed by atoms with Gasteiger partial charge < -0.3 is 26.0 Å². The molecule has 1 aromatic carbocycles. The highest BCUT2D eigenvalue weighted by Gasteiger charge is 2.36. The zero-order chi connectivity index (χ0) is 26.9. The lowest BCUT2D eigenvalue weighted by atomic mass is 9.95. The van der Waals surface area contributed by atoms with Gasteiger partial charge in [0, 0.05) is 19.0 Å². The van der Waals surface area contributed by atoms with Gasteiger partial charge >= 0.3 is 6.09 Å². The first kappa shape index (κ1) is 29.9. The van der Waals surface area contributed by atoms with Crippen LogP contribution in [0.25, 0.3) is 0 Å². The summed E-state index contributed by atoms with van der Waals surface area (Å²) in [6.45, 7) is 14.8. The summed E-state index contributed by atoms with van der Waals surface area (Å²) in [6.07, 6.45) is -0.333. The molecule has 0 aliphatic heterocycles. The number of primary amides is 1. The van der Waals surface area contributed by atoms with Gasteiger partial charge in [0.15, 0.2) is 0 Å². The molecule has 0 aliphatic carbocycles. The molecule has 0 saturated carbocycles. The Bertz CT molecular complexity index is 907. The van der Waals surface area contributed by atoms with Crippen LogP contribution in [0.5, 0.6) is 0 Å². The summed E-state index contributed by atoms with van der Waals surface area (Å²) >= 11 is 0. The summed E-state index contributed by atoms with van der Waals surface area (Å²) in [5.41, 5.74) is 7.07. The van der Waals surface area contributed by atoms with Crippen LogP contribution in [0.4, 0.5) is 4.79 Å². The smallest absolute Gasteiger partial charge is 0.408 e. The van der Waals surface area contributed by atoms with Crippen LogP contribution in [0.2, 0.25) is 0 Å². The number of rotatable bonds is 11. The van der Waals surface area contributed by atoms with Crippen LogP contribution in [-0.4, -0.2) is 52.9 Å². The van der Waals surface area contributed by atoms with E-state index in [2.05, 4.69) is 10.6 Å². The molecule has 1 rings (SSSR count). The lowest BCUT2D eigenvalue weighted by Crippen LogP contribution is -2.54. The average Bonchev–Trinajstić information content (AvgIpc) is 2.70. The van der Waals surface area contributed by atoms with Crippen molar-refractivity contribution in [3.05, 3.63) is 34.9 Å². The normalized spacial score (nSPS) is 13.1. The van der Waals surface area contributed by atoms with Gasteiger partial charge in [0.05, 0.1) is 0 Å². The lowest BCUT2D eigenvalue weighted by molar-refractivity contribution is -0.143. The largest absolute Gasteiger partial charge is 0.444 e. The zero-order valence-electron chi connectivity index (χ0n) is 22.4. The van der Waals surface area contributed by atoms with Crippen LogP contribution in [0.3, 0.4) is 0 Å². The van der Waals surface area contributed by atoms with Crippen LogP contribution >= 0.6 is 0 Å². The fourth-order valence-corrected chi connectivity index (χ4v) is 3.67. The number of aryl methyl sites for hydroxylation is 2. The first-order valence-electron chi connectivity index (χ1n) is 12.1. The number of carbonyl (C=O) groups excluding carboxylic acids is 4. The Morgan fingerprint density at radius 3 is 2.23 bits per heavy atom. The first-order chi connectivity index (χ1) is 16.2. The van der Waals surface area contributed by atoms with E-state index in [1.54, 1.807) is 20.8 Å². The molecule has 1 aromatic rings. The molecule has 0 fully saturated rings. The van der Waals surface area contributed by atoms with Crippen LogP contribution in [0.1, 0.15) is 83.5 Å². The topological polar surface area (TPSA) is 131 Å². The molecule has 0 spiro atoms. The predicted octanol–water partition coefficient (Wildman–Crippen LogP) is 3.27. The third kappa shape index (κ3) is 9.96. The number of nitrogens with two attached hydrogens (primary N) is 1. The van der Waals surface area contributed by atoms with Gasteiger partial charge in [-0.1, -0.05) is 30.7 Å². The van der Waals surface area contributed by atoms with Crippen LogP contribution in [0, 0.1) is 13.8 Å². The van der Waals surface area contributed by atoms with Crippen molar-refractivity contribution in [2.24, 2.45) is 5.73 Å². The van der Waals surface area contributed by atoms with Crippen LogP contribution < -0.4 is 16.4 Å². The molecule has 35 heavy (non-hydrogen) atoms. The summed E-state index contributed by atoms with van der Waals surface area (Å²) in [5.74, 6) is -1.40. The lowest BCUT2D eigenvalue weighted by Gasteiger charge is -2.35. The molecule has 0 aliphatic rings. The molecule has 0 radical (unpaired) electrons. The van der Waals surface area contributed by atoms with E-state index < -0.39 is 35.6 Å². The molecule has 9 nitrogen and oxygen atoms in total. The summed E-state index contributed by atoms with van der Waals surface area (Å²) in [5, 5.41) is 5.51. The number of alkyl carbamates (subject to hydrolysis) is 1. The average molecular weight is 491 g/mol. The van der Waals surface area contributed by atoms with E-state index in [1.165, 1.54) is 4.90 Å². The highest BCUT2D eigenvalue weighted by molar-refractivity contribution is 5.92. The Labute approximate surface area is 209 Å². The van der Waals surface area contributed by atoms with Gasteiger partial charge in [0.25, 0.3) is 0 Å². The fraction of sp³-hybridized carbons (Fsp3) is 0.615. The van der Waals surface area contributed by atoms with E-state index in [0.29, 0.717) is 12.0 Å². The van der Waals surface area contributed by atoms with Crippen LogP contribution in [-0.2, 0) is 19.1 Å². The number of benzene rings is 1. The number of hydrogen-bond donors (Lipinski definition) is 3. The van der Waals surface area contributed by atoms with Crippen molar-refractivity contribution in [3.63, 3.8) is 0 Å². The standard InChI is InChI=1S/C26H42N4O5/c1-9-14-30(22(23(32)28-16(2)3)19-15-17(4)10-11-18(19)5)24(33)20(12-13-21(27)31)29-25(34)35-26(6,7)8/h10-11,15-16,20,22H,9,12-14H2,1-8H3,(H2,27,31)(H,28,32)(H,29,34). The van der Waals surface area contributed by atoms with Crippen molar-refractivity contribution in [3.8, 4) is 0 Å². The van der Waals surface area contributed by atoms with E-state index in [-0.39, 0.29) is 31.3 Å². The van der Waals surface area contributed by atoms with Gasteiger partial charge in [0.1, 0.15) is 17.7 Å². The predicted molar refractivity (Wildman–Crippen MR) is 136 cm³/mol. The second kappa shape index (κ2) is 13.1. The van der Waals surface area contributed by atoms with Gasteiger partial charge in [-0.25, -0.2) is 4.79 Å². The molecular formula is C26H42N4O5. The van der Waals surface area contributed by atoms with Crippen molar-refractivity contribution in [1.29, 1.82) is 0 Å². The fourth-order valence-electron chi connectivity index (χ4n) is 3.67. The van der Waals surface area contributed by atoms with Gasteiger partial charge in [-0.05, 0) is 72.4 Å². The van der Waals surface area contributed by atoms with Crippen molar-refractivity contribution < 1.29 is 23.9 Å². The Morgan fingerprint density at radius 1 is 1.09 bits per heavy atom. The molecule has 4 amide bonds. The molecule has 2 atom stereocenters. The maximum absolute atomic E-state index is 13.9. The summed E-state index contributed by atoms with van der Waals surface area (Å²) < 4.78 is 5.33. The molecule has 9 heteroatoms. The monoisotopic (exact) mass is 490 g/mol. The SMILES string of the molecule is CCCN(C(=O)C(CCC(N)=O)NC(=O)OC(C)(C)C)C(C(=O)NC(C)C)c1cc(C)ccc1C. The van der Waals surface area contributed by atoms with Crippen molar-refractivity contribution in [2.75, 3.05) is 6.54 Å². The van der Waals surface area contributed by atoms with Gasteiger partial charge in [-0.3, -0.25) is 14.4 Å². The van der Waals surface area contributed by atoms with Gasteiger partial charge in [-0.2, -0.15) is 0 Å². The zero-order valence-corrected chi connectivity index (χ0v) is 22.4. The second-order valence-electron chi connectivity index (χ2n) is 10.2. The highest BCUT2D eigenvalue weighted by atomic mass is 16.6. The summed E-state index contributed by atoms with van der Waals surface area (Å²) in [6, 6.07) is 3.61. The minimum atomic E-state index is -1.09. The Hall–Kier alpha value is -3.10. The quantitative estimate of drug-likeness (QED) is 0.438. The van der Waals surface area contributed by atoms with E-state index in [0.717, 1.165) is 11.1 Å². The number of amides is 4. The number of hydrogen-bond acceptors (Lipinski definition) is 5. The Balaban J connectivity index is 3.50. The third-order valence-electron chi connectivity index (χ3n) is 5.14. The van der Waals surface area contributed by atoms with Crippen LogP contribution in [0.15, 0.2) is 18.2 Å². The second-order valence-corrected chi connectivity index (χ2v) is 10.2. The van der Waals surface area contributed by atoms with E-state index in [9.17, 15) is 19.2 Å². The van der Waals surface area contributed by atoms with E-state index >= 15 is 0 Å². The Morgan fingerprint density at radius 2 is 1.71 bits per heavy atom. The number of carbonyl (C=O) groups is 4. The molecular weight excluding hydrogens is 448 g/mol. The van der Waals surface area contributed by atoms with Crippen molar-refractivity contribution in [2.45, 2.75) is 98.4 Å². The summed E-state index contributed by atoms with van der Waals surface area (Å²) in [4.78, 5) is 52.8. The third-order valence-corrected chi connectivity index (χ3v) is 5.14. The molecule has 4 N–H and O–H groups in total. The molecule has 0 heterocycles. The summed E-state index contributed by atoms with van der Waals surface area (Å²) in [7, 11) is 0.